The molecule has 1 aromatic carbocycles. The Morgan fingerprint density at radius 3 is 2.56 bits per heavy atom. The van der Waals surface area contributed by atoms with Crippen molar-refractivity contribution < 1.29 is 0 Å². The summed E-state index contributed by atoms with van der Waals surface area (Å²) in [5.74, 6) is 0. The Kier molecular flexibility index (Phi) is 5.63. The van der Waals surface area contributed by atoms with Crippen molar-refractivity contribution in [1.29, 1.82) is 0 Å². The average Bonchev–Trinajstić information content (AvgIpc) is 2.40. The molecule has 0 unspecified atom stereocenters. The Labute approximate surface area is 118 Å². The zero-order valence-corrected chi connectivity index (χ0v) is 12.6. The standard InChI is InChI=1S/C14H22BrN3/c1-17(10-11-18-8-6-16-7-9-18)12-13-2-4-14(15)5-3-13/h2-5,16H,6-12H2,1H3. The number of benzene rings is 1. The van der Waals surface area contributed by atoms with Crippen LogP contribution in [0.3, 0.4) is 0 Å². The molecule has 100 valence electrons. The van der Waals surface area contributed by atoms with E-state index in [9.17, 15) is 0 Å². The first-order chi connectivity index (χ1) is 8.74. The molecular formula is C14H22BrN3. The summed E-state index contributed by atoms with van der Waals surface area (Å²) >= 11 is 3.47. The van der Waals surface area contributed by atoms with Crippen LogP contribution in [0.1, 0.15) is 5.56 Å². The molecule has 1 aromatic rings. The molecule has 1 heterocycles. The maximum atomic E-state index is 3.47. The summed E-state index contributed by atoms with van der Waals surface area (Å²) in [7, 11) is 2.20. The number of hydrogen-bond acceptors (Lipinski definition) is 3. The lowest BCUT2D eigenvalue weighted by Crippen LogP contribution is -2.45. The van der Waals surface area contributed by atoms with E-state index in [4.69, 9.17) is 0 Å². The molecule has 0 bridgehead atoms. The van der Waals surface area contributed by atoms with Gasteiger partial charge in [0.1, 0.15) is 0 Å². The molecule has 1 N–H and O–H groups in total. The highest BCUT2D eigenvalue weighted by Crippen LogP contribution is 2.11. The topological polar surface area (TPSA) is 18.5 Å². The first kappa shape index (κ1) is 14.0. The largest absolute Gasteiger partial charge is 0.314 e. The van der Waals surface area contributed by atoms with Gasteiger partial charge in [-0.3, -0.25) is 4.90 Å². The Bertz CT molecular complexity index is 347. The molecular weight excluding hydrogens is 290 g/mol. The predicted molar refractivity (Wildman–Crippen MR) is 79.8 cm³/mol. The highest BCUT2D eigenvalue weighted by atomic mass is 79.9. The minimum atomic E-state index is 1.03. The normalized spacial score (nSPS) is 17.3. The number of likely N-dealkylation sites (N-methyl/N-ethyl adjacent to an activating group) is 1. The molecule has 4 heteroatoms. The molecule has 0 saturated carbocycles. The van der Waals surface area contributed by atoms with Gasteiger partial charge >= 0.3 is 0 Å². The van der Waals surface area contributed by atoms with Crippen LogP contribution in [0.15, 0.2) is 28.7 Å². The maximum Gasteiger partial charge on any atom is 0.0231 e. The lowest BCUT2D eigenvalue weighted by Gasteiger charge is -2.29. The highest BCUT2D eigenvalue weighted by Gasteiger charge is 2.09. The van der Waals surface area contributed by atoms with Gasteiger partial charge in [-0.1, -0.05) is 28.1 Å². The van der Waals surface area contributed by atoms with Gasteiger partial charge < -0.3 is 10.2 Å². The van der Waals surface area contributed by atoms with E-state index in [1.165, 1.54) is 25.2 Å². The Morgan fingerprint density at radius 2 is 1.89 bits per heavy atom. The van der Waals surface area contributed by atoms with Crippen LogP contribution in [0.4, 0.5) is 0 Å². The Hall–Kier alpha value is -0.420. The van der Waals surface area contributed by atoms with Crippen LogP contribution in [0.2, 0.25) is 0 Å². The van der Waals surface area contributed by atoms with Gasteiger partial charge in [0.15, 0.2) is 0 Å². The smallest absolute Gasteiger partial charge is 0.0231 e. The molecule has 0 aromatic heterocycles. The van der Waals surface area contributed by atoms with E-state index in [2.05, 4.69) is 62.4 Å². The zero-order valence-electron chi connectivity index (χ0n) is 11.0. The predicted octanol–water partition coefficient (Wildman–Crippen LogP) is 1.79. The number of hydrogen-bond donors (Lipinski definition) is 1. The number of nitrogens with one attached hydrogen (secondary N) is 1. The van der Waals surface area contributed by atoms with Crippen molar-refractivity contribution in [3.8, 4) is 0 Å². The van der Waals surface area contributed by atoms with E-state index < -0.39 is 0 Å². The van der Waals surface area contributed by atoms with Gasteiger partial charge in [-0.15, -0.1) is 0 Å². The maximum absolute atomic E-state index is 3.47. The number of rotatable bonds is 5. The fraction of sp³-hybridized carbons (Fsp3) is 0.571. The lowest BCUT2D eigenvalue weighted by molar-refractivity contribution is 0.202. The monoisotopic (exact) mass is 311 g/mol. The van der Waals surface area contributed by atoms with Crippen LogP contribution in [-0.2, 0) is 6.54 Å². The van der Waals surface area contributed by atoms with E-state index >= 15 is 0 Å². The number of nitrogens with zero attached hydrogens (tertiary/aromatic N) is 2. The summed E-state index contributed by atoms with van der Waals surface area (Å²) in [6, 6.07) is 8.59. The fourth-order valence-electron chi connectivity index (χ4n) is 2.23. The summed E-state index contributed by atoms with van der Waals surface area (Å²) < 4.78 is 1.15. The summed E-state index contributed by atoms with van der Waals surface area (Å²) in [5.41, 5.74) is 1.38. The van der Waals surface area contributed by atoms with Gasteiger partial charge in [0, 0.05) is 50.3 Å². The number of halogens is 1. The van der Waals surface area contributed by atoms with Gasteiger partial charge in [0.2, 0.25) is 0 Å². The molecule has 1 fully saturated rings. The second-order valence-corrected chi connectivity index (χ2v) is 5.87. The summed E-state index contributed by atoms with van der Waals surface area (Å²) in [6.45, 7) is 7.98. The fourth-order valence-corrected chi connectivity index (χ4v) is 2.49. The molecule has 1 aliphatic rings. The molecule has 0 atom stereocenters. The second-order valence-electron chi connectivity index (χ2n) is 4.96. The van der Waals surface area contributed by atoms with Crippen molar-refractivity contribution in [1.82, 2.24) is 15.1 Å². The lowest BCUT2D eigenvalue weighted by atomic mass is 10.2. The van der Waals surface area contributed by atoms with E-state index in [0.29, 0.717) is 0 Å². The van der Waals surface area contributed by atoms with Gasteiger partial charge in [-0.2, -0.15) is 0 Å². The summed E-state index contributed by atoms with van der Waals surface area (Å²) in [6.07, 6.45) is 0. The first-order valence-corrected chi connectivity index (χ1v) is 7.39. The molecule has 3 nitrogen and oxygen atoms in total. The van der Waals surface area contributed by atoms with Crippen LogP contribution in [-0.4, -0.2) is 56.1 Å². The molecule has 18 heavy (non-hydrogen) atoms. The third kappa shape index (κ3) is 4.69. The van der Waals surface area contributed by atoms with Crippen LogP contribution < -0.4 is 5.32 Å². The quantitative estimate of drug-likeness (QED) is 0.894. The van der Waals surface area contributed by atoms with Crippen molar-refractivity contribution in [2.24, 2.45) is 0 Å². The molecule has 0 spiro atoms. The highest BCUT2D eigenvalue weighted by molar-refractivity contribution is 9.10. The molecule has 0 amide bonds. The first-order valence-electron chi connectivity index (χ1n) is 6.60. The summed E-state index contributed by atoms with van der Waals surface area (Å²) in [4.78, 5) is 4.93. The van der Waals surface area contributed by atoms with Crippen molar-refractivity contribution in [3.63, 3.8) is 0 Å². The van der Waals surface area contributed by atoms with E-state index in [1.54, 1.807) is 0 Å². The van der Waals surface area contributed by atoms with Crippen LogP contribution in [0, 0.1) is 0 Å². The molecule has 1 saturated heterocycles. The van der Waals surface area contributed by atoms with E-state index in [1.807, 2.05) is 0 Å². The second kappa shape index (κ2) is 7.24. The summed E-state index contributed by atoms with van der Waals surface area (Å²) in [5, 5.41) is 3.39. The van der Waals surface area contributed by atoms with Gasteiger partial charge in [0.25, 0.3) is 0 Å². The van der Waals surface area contributed by atoms with Crippen LogP contribution in [0.25, 0.3) is 0 Å². The number of piperazine rings is 1. The van der Waals surface area contributed by atoms with Crippen LogP contribution in [0.5, 0.6) is 0 Å². The van der Waals surface area contributed by atoms with Gasteiger partial charge in [0.05, 0.1) is 0 Å². The van der Waals surface area contributed by atoms with Gasteiger partial charge in [-0.25, -0.2) is 0 Å². The van der Waals surface area contributed by atoms with Crippen molar-refractivity contribution >= 4 is 15.9 Å². The molecule has 2 rings (SSSR count). The molecule has 1 aliphatic heterocycles. The van der Waals surface area contributed by atoms with Crippen molar-refractivity contribution in [3.05, 3.63) is 34.3 Å². The van der Waals surface area contributed by atoms with Crippen LogP contribution >= 0.6 is 15.9 Å². The zero-order chi connectivity index (χ0) is 12.8. The average molecular weight is 312 g/mol. The Morgan fingerprint density at radius 1 is 1.22 bits per heavy atom. The molecule has 0 aliphatic carbocycles. The van der Waals surface area contributed by atoms with Crippen molar-refractivity contribution in [2.75, 3.05) is 46.3 Å². The minimum Gasteiger partial charge on any atom is -0.314 e. The third-order valence-electron chi connectivity index (χ3n) is 3.37. The molecule has 0 radical (unpaired) electrons. The SMILES string of the molecule is CN(CCN1CCNCC1)Cc1ccc(Br)cc1. The van der Waals surface area contributed by atoms with E-state index in [0.717, 1.165) is 30.7 Å². The van der Waals surface area contributed by atoms with Gasteiger partial charge in [-0.05, 0) is 24.7 Å². The van der Waals surface area contributed by atoms with E-state index in [-0.39, 0.29) is 0 Å². The van der Waals surface area contributed by atoms with Crippen molar-refractivity contribution in [2.45, 2.75) is 6.54 Å². The minimum absolute atomic E-state index is 1.03. The Balaban J connectivity index is 1.71. The third-order valence-corrected chi connectivity index (χ3v) is 3.90.